The first kappa shape index (κ1) is 15.8. The number of thiophene rings is 1. The molecule has 3 aromatic rings. The largest absolute Gasteiger partial charge is 0.325 e. The van der Waals surface area contributed by atoms with Crippen LogP contribution in [-0.2, 0) is 10.5 Å². The second kappa shape index (κ2) is 7.00. The maximum atomic E-state index is 12.0. The number of aromatic nitrogens is 1. The van der Waals surface area contributed by atoms with Gasteiger partial charge >= 0.3 is 0 Å². The Morgan fingerprint density at radius 1 is 1.32 bits per heavy atom. The number of halogens is 1. The Hall–Kier alpha value is -1.08. The molecule has 2 aromatic heterocycles. The molecule has 0 aliphatic rings. The van der Waals surface area contributed by atoms with Gasteiger partial charge in [-0.3, -0.25) is 4.79 Å². The van der Waals surface area contributed by atoms with Gasteiger partial charge in [0.15, 0.2) is 0 Å². The topological polar surface area (TPSA) is 42.0 Å². The zero-order valence-corrected chi connectivity index (χ0v) is 15.0. The monoisotopic (exact) mass is 368 g/mol. The molecule has 1 amide bonds. The number of thiazole rings is 1. The van der Waals surface area contributed by atoms with Gasteiger partial charge in [0.05, 0.1) is 25.3 Å². The third kappa shape index (κ3) is 4.01. The van der Waals surface area contributed by atoms with E-state index in [0.29, 0.717) is 5.75 Å². The van der Waals surface area contributed by atoms with Gasteiger partial charge in [0.25, 0.3) is 0 Å². The van der Waals surface area contributed by atoms with Crippen molar-refractivity contribution in [2.45, 2.75) is 12.7 Å². The summed E-state index contributed by atoms with van der Waals surface area (Å²) in [5.41, 5.74) is 1.80. The number of hydrogen-bond acceptors (Lipinski definition) is 5. The molecule has 1 aromatic carbocycles. The molecule has 2 heterocycles. The molecule has 0 atom stereocenters. The average Bonchev–Trinajstić information content (AvgIpc) is 3.03. The number of carbonyl (C=O) groups is 1. The Balaban J connectivity index is 1.53. The van der Waals surface area contributed by atoms with Gasteiger partial charge in [-0.25, -0.2) is 4.98 Å². The van der Waals surface area contributed by atoms with Gasteiger partial charge < -0.3 is 5.32 Å². The number of amides is 1. The summed E-state index contributed by atoms with van der Waals surface area (Å²) in [4.78, 5) is 17.6. The van der Waals surface area contributed by atoms with Crippen LogP contribution in [0.5, 0.6) is 0 Å². The molecule has 114 valence electrons. The maximum Gasteiger partial charge on any atom is 0.234 e. The van der Waals surface area contributed by atoms with E-state index in [4.69, 9.17) is 11.6 Å². The molecule has 0 fully saturated rings. The van der Waals surface area contributed by atoms with E-state index in [0.717, 1.165) is 31.0 Å². The highest BCUT2D eigenvalue weighted by molar-refractivity contribution is 7.99. The summed E-state index contributed by atoms with van der Waals surface area (Å²) in [5, 5.41) is 3.96. The maximum absolute atomic E-state index is 12.0. The van der Waals surface area contributed by atoms with Gasteiger partial charge in [-0.1, -0.05) is 11.6 Å². The normalized spacial score (nSPS) is 11.0. The first-order valence-corrected chi connectivity index (χ1v) is 9.76. The van der Waals surface area contributed by atoms with Crippen LogP contribution in [-0.4, -0.2) is 16.6 Å². The van der Waals surface area contributed by atoms with Crippen molar-refractivity contribution in [3.05, 3.63) is 44.6 Å². The fourth-order valence-electron chi connectivity index (χ4n) is 1.99. The lowest BCUT2D eigenvalue weighted by molar-refractivity contribution is -0.113. The minimum atomic E-state index is 0.00763. The molecule has 3 nitrogen and oxygen atoms in total. The lowest BCUT2D eigenvalue weighted by Gasteiger charge is -2.04. The number of aryl methyl sites for hydroxylation is 1. The van der Waals surface area contributed by atoms with Crippen LogP contribution in [0, 0.1) is 6.92 Å². The molecule has 7 heteroatoms. The van der Waals surface area contributed by atoms with Crippen LogP contribution in [0.25, 0.3) is 10.2 Å². The fourth-order valence-corrected chi connectivity index (χ4v) is 4.88. The van der Waals surface area contributed by atoms with Crippen molar-refractivity contribution < 1.29 is 4.79 Å². The van der Waals surface area contributed by atoms with Gasteiger partial charge in [0.1, 0.15) is 0 Å². The lowest BCUT2D eigenvalue weighted by atomic mass is 10.3. The summed E-state index contributed by atoms with van der Waals surface area (Å²) >= 11 is 10.7. The van der Waals surface area contributed by atoms with E-state index in [2.05, 4.69) is 10.3 Å². The molecule has 0 saturated heterocycles. The molecule has 0 bridgehead atoms. The number of hydrogen-bond donors (Lipinski definition) is 1. The van der Waals surface area contributed by atoms with Crippen molar-refractivity contribution in [2.24, 2.45) is 0 Å². The highest BCUT2D eigenvalue weighted by atomic mass is 35.5. The van der Waals surface area contributed by atoms with Crippen molar-refractivity contribution >= 4 is 67.8 Å². The van der Waals surface area contributed by atoms with Gasteiger partial charge in [0, 0.05) is 16.3 Å². The van der Waals surface area contributed by atoms with Gasteiger partial charge in [0.2, 0.25) is 5.91 Å². The summed E-state index contributed by atoms with van der Waals surface area (Å²) in [6, 6.07) is 9.69. The first-order chi connectivity index (χ1) is 10.6. The van der Waals surface area contributed by atoms with Crippen LogP contribution in [0.2, 0.25) is 4.34 Å². The first-order valence-electron chi connectivity index (χ1n) is 6.59. The number of fused-ring (bicyclic) bond motifs is 1. The van der Waals surface area contributed by atoms with E-state index in [-0.39, 0.29) is 5.91 Å². The van der Waals surface area contributed by atoms with Crippen LogP contribution in [0.3, 0.4) is 0 Å². The number of anilines is 1. The Morgan fingerprint density at radius 2 is 2.18 bits per heavy atom. The average molecular weight is 369 g/mol. The predicted molar refractivity (Wildman–Crippen MR) is 98.5 cm³/mol. The van der Waals surface area contributed by atoms with Crippen LogP contribution >= 0.6 is 46.0 Å². The molecule has 0 aliphatic heterocycles. The van der Waals surface area contributed by atoms with Crippen molar-refractivity contribution in [2.75, 3.05) is 11.1 Å². The number of benzene rings is 1. The lowest BCUT2D eigenvalue weighted by Crippen LogP contribution is -2.13. The van der Waals surface area contributed by atoms with E-state index in [1.165, 1.54) is 4.88 Å². The second-order valence-electron chi connectivity index (χ2n) is 4.66. The van der Waals surface area contributed by atoms with Gasteiger partial charge in [-0.15, -0.1) is 34.4 Å². The fraction of sp³-hybridized carbons (Fsp3) is 0.200. The van der Waals surface area contributed by atoms with E-state index in [9.17, 15) is 4.79 Å². The molecule has 3 rings (SSSR count). The van der Waals surface area contributed by atoms with E-state index < -0.39 is 0 Å². The van der Waals surface area contributed by atoms with E-state index >= 15 is 0 Å². The standard InChI is InChI=1S/C15H13ClN2OS3/c1-9-17-12-4-2-10(6-13(12)21-9)18-15(19)8-20-7-11-3-5-14(16)22-11/h2-6H,7-8H2,1H3,(H,18,19). The van der Waals surface area contributed by atoms with Crippen LogP contribution in [0.4, 0.5) is 5.69 Å². The molecule has 0 spiro atoms. The highest BCUT2D eigenvalue weighted by Gasteiger charge is 2.06. The second-order valence-corrected chi connectivity index (χ2v) is 8.68. The molecule has 0 aliphatic carbocycles. The number of nitrogens with zero attached hydrogens (tertiary/aromatic N) is 1. The number of thioether (sulfide) groups is 1. The molecular formula is C15H13ClN2OS3. The minimum Gasteiger partial charge on any atom is -0.325 e. The summed E-state index contributed by atoms with van der Waals surface area (Å²) in [7, 11) is 0. The van der Waals surface area contributed by atoms with Gasteiger partial charge in [-0.2, -0.15) is 0 Å². The number of carbonyl (C=O) groups excluding carboxylic acids is 1. The van der Waals surface area contributed by atoms with Crippen molar-refractivity contribution in [3.63, 3.8) is 0 Å². The van der Waals surface area contributed by atoms with E-state index in [1.54, 1.807) is 34.4 Å². The predicted octanol–water partition coefficient (Wildman–Crippen LogP) is 5.19. The van der Waals surface area contributed by atoms with E-state index in [1.807, 2.05) is 37.3 Å². The van der Waals surface area contributed by atoms with Crippen molar-refractivity contribution in [1.82, 2.24) is 4.98 Å². The van der Waals surface area contributed by atoms with Crippen molar-refractivity contribution in [3.8, 4) is 0 Å². The molecule has 1 N–H and O–H groups in total. The Morgan fingerprint density at radius 3 is 2.95 bits per heavy atom. The Bertz CT molecular complexity index is 812. The SMILES string of the molecule is Cc1nc2ccc(NC(=O)CSCc3ccc(Cl)s3)cc2s1. The Kier molecular flexibility index (Phi) is 5.03. The summed E-state index contributed by atoms with van der Waals surface area (Å²) in [5.74, 6) is 1.24. The molecule has 0 unspecified atom stereocenters. The highest BCUT2D eigenvalue weighted by Crippen LogP contribution is 2.26. The smallest absolute Gasteiger partial charge is 0.234 e. The number of rotatable bonds is 5. The molecular weight excluding hydrogens is 356 g/mol. The zero-order valence-electron chi connectivity index (χ0n) is 11.8. The number of nitrogens with one attached hydrogen (secondary N) is 1. The summed E-state index contributed by atoms with van der Waals surface area (Å²) < 4.78 is 1.88. The Labute approximate surface area is 145 Å². The zero-order chi connectivity index (χ0) is 15.5. The van der Waals surface area contributed by atoms with Crippen LogP contribution in [0.15, 0.2) is 30.3 Å². The van der Waals surface area contributed by atoms with Crippen LogP contribution < -0.4 is 5.32 Å². The van der Waals surface area contributed by atoms with Gasteiger partial charge in [-0.05, 0) is 37.3 Å². The third-order valence-corrected chi connectivity index (χ3v) is 6.21. The van der Waals surface area contributed by atoms with Crippen molar-refractivity contribution in [1.29, 1.82) is 0 Å². The summed E-state index contributed by atoms with van der Waals surface area (Å²) in [6.45, 7) is 1.98. The minimum absolute atomic E-state index is 0.00763. The molecule has 0 saturated carbocycles. The molecule has 0 radical (unpaired) electrons. The summed E-state index contributed by atoms with van der Waals surface area (Å²) in [6.07, 6.45) is 0. The molecule has 22 heavy (non-hydrogen) atoms. The third-order valence-electron chi connectivity index (χ3n) is 2.89. The quantitative estimate of drug-likeness (QED) is 0.673. The van der Waals surface area contributed by atoms with Crippen LogP contribution in [0.1, 0.15) is 9.88 Å².